The van der Waals surface area contributed by atoms with Gasteiger partial charge in [-0.2, -0.15) is 0 Å². The maximum absolute atomic E-state index is 11.9. The van der Waals surface area contributed by atoms with E-state index in [9.17, 15) is 9.59 Å². The van der Waals surface area contributed by atoms with E-state index in [1.165, 1.54) is 6.92 Å². The van der Waals surface area contributed by atoms with Crippen LogP contribution in [0.15, 0.2) is 42.5 Å². The third kappa shape index (κ3) is 4.63. The summed E-state index contributed by atoms with van der Waals surface area (Å²) in [6.45, 7) is 1.90. The summed E-state index contributed by atoms with van der Waals surface area (Å²) in [6, 6.07) is 12.4. The molecule has 0 aromatic heterocycles. The average Bonchev–Trinajstić information content (AvgIpc) is 3.05. The quantitative estimate of drug-likeness (QED) is 0.839. The van der Waals surface area contributed by atoms with Gasteiger partial charge in [-0.25, -0.2) is 0 Å². The van der Waals surface area contributed by atoms with Gasteiger partial charge in [0, 0.05) is 25.2 Å². The summed E-state index contributed by atoms with van der Waals surface area (Å²) in [4.78, 5) is 23.0. The lowest BCUT2D eigenvalue weighted by Gasteiger charge is -2.09. The van der Waals surface area contributed by atoms with E-state index < -0.39 is 0 Å². The lowest BCUT2D eigenvalue weighted by atomic mass is 10.2. The van der Waals surface area contributed by atoms with E-state index >= 15 is 0 Å². The zero-order valence-electron chi connectivity index (χ0n) is 13.7. The molecule has 2 aromatic rings. The molecular formula is C18H18N2O5. The Morgan fingerprint density at radius 3 is 2.80 bits per heavy atom. The average molecular weight is 342 g/mol. The van der Waals surface area contributed by atoms with Crippen LogP contribution < -0.4 is 24.8 Å². The van der Waals surface area contributed by atoms with Gasteiger partial charge < -0.3 is 24.8 Å². The van der Waals surface area contributed by atoms with Gasteiger partial charge in [0.1, 0.15) is 5.75 Å². The van der Waals surface area contributed by atoms with Gasteiger partial charge in [0.15, 0.2) is 18.1 Å². The Kier molecular flexibility index (Phi) is 5.03. The van der Waals surface area contributed by atoms with Crippen LogP contribution in [0.2, 0.25) is 0 Å². The van der Waals surface area contributed by atoms with Crippen molar-refractivity contribution < 1.29 is 23.8 Å². The maximum Gasteiger partial charge on any atom is 0.258 e. The first-order chi connectivity index (χ1) is 12.1. The summed E-state index contributed by atoms with van der Waals surface area (Å²) in [6.07, 6.45) is 0. The Bertz CT molecular complexity index is 791. The highest BCUT2D eigenvalue weighted by Crippen LogP contribution is 2.32. The Balaban J connectivity index is 1.47. The molecule has 0 saturated carbocycles. The summed E-state index contributed by atoms with van der Waals surface area (Å²) in [5, 5.41) is 5.44. The lowest BCUT2D eigenvalue weighted by Crippen LogP contribution is -2.28. The number of amides is 2. The van der Waals surface area contributed by atoms with E-state index in [0.29, 0.717) is 29.5 Å². The molecule has 0 aliphatic carbocycles. The molecule has 3 rings (SSSR count). The smallest absolute Gasteiger partial charge is 0.258 e. The van der Waals surface area contributed by atoms with Gasteiger partial charge in [0.05, 0.1) is 0 Å². The second-order valence-electron chi connectivity index (χ2n) is 5.46. The summed E-state index contributed by atoms with van der Waals surface area (Å²) < 4.78 is 16.0. The van der Waals surface area contributed by atoms with Crippen molar-refractivity contribution >= 4 is 17.5 Å². The molecule has 7 heteroatoms. The maximum atomic E-state index is 11.9. The zero-order valence-corrected chi connectivity index (χ0v) is 13.7. The molecule has 0 radical (unpaired) electrons. The third-order valence-corrected chi connectivity index (χ3v) is 3.45. The van der Waals surface area contributed by atoms with Crippen LogP contribution in [-0.4, -0.2) is 25.2 Å². The summed E-state index contributed by atoms with van der Waals surface area (Å²) in [5.74, 6) is 1.47. The van der Waals surface area contributed by atoms with Gasteiger partial charge in [-0.3, -0.25) is 9.59 Å². The summed E-state index contributed by atoms with van der Waals surface area (Å²) in [7, 11) is 0. The van der Waals surface area contributed by atoms with E-state index in [-0.39, 0.29) is 25.2 Å². The first kappa shape index (κ1) is 16.6. The third-order valence-electron chi connectivity index (χ3n) is 3.45. The van der Waals surface area contributed by atoms with Gasteiger partial charge in [-0.05, 0) is 29.8 Å². The first-order valence-electron chi connectivity index (χ1n) is 7.76. The number of hydrogen-bond acceptors (Lipinski definition) is 5. The van der Waals surface area contributed by atoms with Crippen LogP contribution in [0, 0.1) is 0 Å². The minimum atomic E-state index is -0.248. The van der Waals surface area contributed by atoms with Crippen molar-refractivity contribution in [2.45, 2.75) is 13.5 Å². The fourth-order valence-corrected chi connectivity index (χ4v) is 2.32. The van der Waals surface area contributed by atoms with Crippen LogP contribution in [0.4, 0.5) is 5.69 Å². The molecule has 1 aliphatic heterocycles. The molecule has 7 nitrogen and oxygen atoms in total. The van der Waals surface area contributed by atoms with Crippen molar-refractivity contribution in [1.82, 2.24) is 5.32 Å². The van der Waals surface area contributed by atoms with Gasteiger partial charge in [-0.15, -0.1) is 0 Å². The predicted molar refractivity (Wildman–Crippen MR) is 90.7 cm³/mol. The fraction of sp³-hybridized carbons (Fsp3) is 0.222. The number of ether oxygens (including phenoxy) is 3. The van der Waals surface area contributed by atoms with E-state index in [4.69, 9.17) is 14.2 Å². The molecule has 130 valence electrons. The second kappa shape index (κ2) is 7.57. The molecule has 2 aromatic carbocycles. The number of rotatable bonds is 6. The van der Waals surface area contributed by atoms with Crippen molar-refractivity contribution in [3.8, 4) is 17.2 Å². The zero-order chi connectivity index (χ0) is 17.6. The molecule has 0 atom stereocenters. The van der Waals surface area contributed by atoms with Crippen LogP contribution in [0.3, 0.4) is 0 Å². The predicted octanol–water partition coefficient (Wildman–Crippen LogP) is 2.07. The molecule has 2 N–H and O–H groups in total. The van der Waals surface area contributed by atoms with Crippen molar-refractivity contribution in [2.24, 2.45) is 0 Å². The summed E-state index contributed by atoms with van der Waals surface area (Å²) in [5.41, 5.74) is 1.52. The first-order valence-corrected chi connectivity index (χ1v) is 7.76. The highest BCUT2D eigenvalue weighted by Gasteiger charge is 2.13. The number of fused-ring (bicyclic) bond motifs is 1. The topological polar surface area (TPSA) is 85.9 Å². The van der Waals surface area contributed by atoms with E-state index in [2.05, 4.69) is 10.6 Å². The van der Waals surface area contributed by atoms with Gasteiger partial charge >= 0.3 is 0 Å². The molecule has 0 bridgehead atoms. The Labute approximate surface area is 144 Å². The van der Waals surface area contributed by atoms with E-state index in [1.54, 1.807) is 24.3 Å². The second-order valence-corrected chi connectivity index (χ2v) is 5.46. The molecule has 0 saturated heterocycles. The minimum Gasteiger partial charge on any atom is -0.484 e. The SMILES string of the molecule is CC(=O)Nc1cccc(OCC(=O)NCc2ccc3c(c2)OCO3)c1. The monoisotopic (exact) mass is 342 g/mol. The molecule has 0 unspecified atom stereocenters. The van der Waals surface area contributed by atoms with Crippen LogP contribution >= 0.6 is 0 Å². The van der Waals surface area contributed by atoms with E-state index in [0.717, 1.165) is 5.56 Å². The van der Waals surface area contributed by atoms with Crippen molar-refractivity contribution in [1.29, 1.82) is 0 Å². The molecule has 0 spiro atoms. The Hall–Kier alpha value is -3.22. The van der Waals surface area contributed by atoms with Crippen molar-refractivity contribution in [3.63, 3.8) is 0 Å². The van der Waals surface area contributed by atoms with Crippen LogP contribution in [0.1, 0.15) is 12.5 Å². The standard InChI is InChI=1S/C18H18N2O5/c1-12(21)20-14-3-2-4-15(8-14)23-10-18(22)19-9-13-5-6-16-17(7-13)25-11-24-16/h2-8H,9-11H2,1H3,(H,19,22)(H,20,21). The van der Waals surface area contributed by atoms with E-state index in [1.807, 2.05) is 18.2 Å². The number of carbonyl (C=O) groups is 2. The van der Waals surface area contributed by atoms with Gasteiger partial charge in [0.25, 0.3) is 5.91 Å². The Morgan fingerprint density at radius 1 is 1.12 bits per heavy atom. The Morgan fingerprint density at radius 2 is 1.96 bits per heavy atom. The largest absolute Gasteiger partial charge is 0.484 e. The van der Waals surface area contributed by atoms with Crippen LogP contribution in [0.25, 0.3) is 0 Å². The minimum absolute atomic E-state index is 0.117. The van der Waals surface area contributed by atoms with Crippen LogP contribution in [0.5, 0.6) is 17.2 Å². The number of hydrogen-bond donors (Lipinski definition) is 2. The fourth-order valence-electron chi connectivity index (χ4n) is 2.32. The number of nitrogens with one attached hydrogen (secondary N) is 2. The molecule has 1 heterocycles. The van der Waals surface area contributed by atoms with Crippen molar-refractivity contribution in [3.05, 3.63) is 48.0 Å². The highest BCUT2D eigenvalue weighted by atomic mass is 16.7. The molecule has 25 heavy (non-hydrogen) atoms. The molecule has 1 aliphatic rings. The van der Waals surface area contributed by atoms with Crippen LogP contribution in [-0.2, 0) is 16.1 Å². The van der Waals surface area contributed by atoms with Gasteiger partial charge in [-0.1, -0.05) is 12.1 Å². The number of anilines is 1. The normalized spacial score (nSPS) is 11.7. The summed E-state index contributed by atoms with van der Waals surface area (Å²) >= 11 is 0. The number of carbonyl (C=O) groups excluding carboxylic acids is 2. The molecular weight excluding hydrogens is 324 g/mol. The molecule has 0 fully saturated rings. The lowest BCUT2D eigenvalue weighted by molar-refractivity contribution is -0.123. The highest BCUT2D eigenvalue weighted by molar-refractivity contribution is 5.88. The van der Waals surface area contributed by atoms with Gasteiger partial charge in [0.2, 0.25) is 12.7 Å². The molecule has 2 amide bonds. The van der Waals surface area contributed by atoms with Crippen molar-refractivity contribution in [2.75, 3.05) is 18.7 Å². The number of benzene rings is 2.